The summed E-state index contributed by atoms with van der Waals surface area (Å²) in [6.45, 7) is 0. The third-order valence-electron chi connectivity index (χ3n) is 3.47. The Balaban J connectivity index is 2.02. The van der Waals surface area contributed by atoms with Gasteiger partial charge in [0.05, 0.1) is 7.11 Å². The third-order valence-corrected chi connectivity index (χ3v) is 4.00. The third kappa shape index (κ3) is 4.30. The molecule has 1 aromatic carbocycles. The first kappa shape index (κ1) is 16.5. The molecule has 2 N–H and O–H groups in total. The quantitative estimate of drug-likeness (QED) is 0.757. The number of hydrogen-bond acceptors (Lipinski definition) is 4. The number of hydrogen-bond donors (Lipinski definition) is 2. The van der Waals surface area contributed by atoms with Gasteiger partial charge in [-0.25, -0.2) is 4.79 Å². The number of carbonyl (C=O) groups excluding carboxylic acids is 3. The van der Waals surface area contributed by atoms with Gasteiger partial charge in [0.15, 0.2) is 0 Å². The first-order valence-electron chi connectivity index (χ1n) is 6.91. The van der Waals surface area contributed by atoms with Crippen LogP contribution in [0.2, 0.25) is 0 Å². The summed E-state index contributed by atoms with van der Waals surface area (Å²) >= 11 is 3.34. The Morgan fingerprint density at radius 2 is 2.09 bits per heavy atom. The van der Waals surface area contributed by atoms with Gasteiger partial charge in [-0.1, -0.05) is 28.1 Å². The van der Waals surface area contributed by atoms with Crippen LogP contribution in [0.3, 0.4) is 0 Å². The molecule has 0 spiro atoms. The molecule has 0 radical (unpaired) electrons. The lowest BCUT2D eigenvalue weighted by Gasteiger charge is -2.19. The number of halogens is 1. The zero-order valence-electron chi connectivity index (χ0n) is 12.1. The molecule has 1 fully saturated rings. The Morgan fingerprint density at radius 3 is 2.64 bits per heavy atom. The second-order valence-electron chi connectivity index (χ2n) is 5.07. The highest BCUT2D eigenvalue weighted by Gasteiger charge is 2.30. The van der Waals surface area contributed by atoms with E-state index in [1.54, 1.807) is 0 Å². The average molecular weight is 369 g/mol. The molecule has 2 rings (SSSR count). The van der Waals surface area contributed by atoms with Gasteiger partial charge in [-0.15, -0.1) is 0 Å². The number of benzene rings is 1. The molecule has 0 aliphatic carbocycles. The SMILES string of the molecule is COC(=O)[C@H](Cc1ccc(Br)cc1)NC(=O)[C@@H]1CCC(=O)N1. The van der Waals surface area contributed by atoms with Crippen molar-refractivity contribution < 1.29 is 19.1 Å². The summed E-state index contributed by atoms with van der Waals surface area (Å²) in [5, 5.41) is 5.23. The summed E-state index contributed by atoms with van der Waals surface area (Å²) in [7, 11) is 1.28. The van der Waals surface area contributed by atoms with Crippen LogP contribution in [-0.2, 0) is 25.5 Å². The van der Waals surface area contributed by atoms with E-state index in [1.165, 1.54) is 7.11 Å². The summed E-state index contributed by atoms with van der Waals surface area (Å²) in [6.07, 6.45) is 1.09. The largest absolute Gasteiger partial charge is 0.467 e. The Morgan fingerprint density at radius 1 is 1.41 bits per heavy atom. The zero-order chi connectivity index (χ0) is 16.1. The summed E-state index contributed by atoms with van der Waals surface area (Å²) < 4.78 is 5.68. The van der Waals surface area contributed by atoms with Gasteiger partial charge in [-0.2, -0.15) is 0 Å². The van der Waals surface area contributed by atoms with Crippen molar-refractivity contribution in [1.82, 2.24) is 10.6 Å². The second kappa shape index (κ2) is 7.40. The molecule has 6 nitrogen and oxygen atoms in total. The molecular weight excluding hydrogens is 352 g/mol. The van der Waals surface area contributed by atoms with Crippen LogP contribution in [0.4, 0.5) is 0 Å². The fourth-order valence-corrected chi connectivity index (χ4v) is 2.54. The molecule has 2 atom stereocenters. The Kier molecular flexibility index (Phi) is 5.54. The summed E-state index contributed by atoms with van der Waals surface area (Å²) in [5.74, 6) is -1.03. The van der Waals surface area contributed by atoms with E-state index in [9.17, 15) is 14.4 Å². The second-order valence-corrected chi connectivity index (χ2v) is 5.99. The topological polar surface area (TPSA) is 84.5 Å². The van der Waals surface area contributed by atoms with Gasteiger partial charge >= 0.3 is 5.97 Å². The van der Waals surface area contributed by atoms with Crippen LogP contribution in [0.25, 0.3) is 0 Å². The lowest BCUT2D eigenvalue weighted by molar-refractivity contribution is -0.145. The number of rotatable bonds is 5. The number of nitrogens with one attached hydrogen (secondary N) is 2. The fourth-order valence-electron chi connectivity index (χ4n) is 2.27. The van der Waals surface area contributed by atoms with Crippen molar-refractivity contribution in [3.05, 3.63) is 34.3 Å². The molecule has 1 saturated heterocycles. The van der Waals surface area contributed by atoms with E-state index in [4.69, 9.17) is 4.74 Å². The maximum Gasteiger partial charge on any atom is 0.328 e. The monoisotopic (exact) mass is 368 g/mol. The van der Waals surface area contributed by atoms with Crippen LogP contribution in [0.5, 0.6) is 0 Å². The molecule has 1 aliphatic heterocycles. The normalized spacial score (nSPS) is 18.5. The minimum Gasteiger partial charge on any atom is -0.467 e. The van der Waals surface area contributed by atoms with E-state index >= 15 is 0 Å². The van der Waals surface area contributed by atoms with Crippen molar-refractivity contribution in [2.75, 3.05) is 7.11 Å². The maximum absolute atomic E-state index is 12.1. The molecule has 118 valence electrons. The number of esters is 1. The van der Waals surface area contributed by atoms with Crippen molar-refractivity contribution in [2.24, 2.45) is 0 Å². The van der Waals surface area contributed by atoms with Gasteiger partial charge < -0.3 is 15.4 Å². The first-order valence-corrected chi connectivity index (χ1v) is 7.71. The van der Waals surface area contributed by atoms with Crippen molar-refractivity contribution in [2.45, 2.75) is 31.3 Å². The Hall–Kier alpha value is -1.89. The van der Waals surface area contributed by atoms with Crippen LogP contribution in [0.1, 0.15) is 18.4 Å². The molecule has 2 amide bonds. The van der Waals surface area contributed by atoms with Crippen molar-refractivity contribution >= 4 is 33.7 Å². The summed E-state index contributed by atoms with van der Waals surface area (Å²) in [5.41, 5.74) is 0.898. The van der Waals surface area contributed by atoms with Crippen molar-refractivity contribution in [3.63, 3.8) is 0 Å². The predicted octanol–water partition coefficient (Wildman–Crippen LogP) is 0.928. The number of methoxy groups -OCH3 is 1. The Bertz CT molecular complexity index is 573. The van der Waals surface area contributed by atoms with Gasteiger partial charge in [0, 0.05) is 17.3 Å². The maximum atomic E-state index is 12.1. The molecule has 22 heavy (non-hydrogen) atoms. The van der Waals surface area contributed by atoms with Crippen molar-refractivity contribution in [3.8, 4) is 0 Å². The highest BCUT2D eigenvalue weighted by atomic mass is 79.9. The van der Waals surface area contributed by atoms with E-state index in [1.807, 2.05) is 24.3 Å². The van der Waals surface area contributed by atoms with Crippen LogP contribution >= 0.6 is 15.9 Å². The van der Waals surface area contributed by atoms with Crippen LogP contribution < -0.4 is 10.6 Å². The van der Waals surface area contributed by atoms with Crippen LogP contribution in [0.15, 0.2) is 28.7 Å². The summed E-state index contributed by atoms with van der Waals surface area (Å²) in [4.78, 5) is 35.2. The van der Waals surface area contributed by atoms with E-state index in [2.05, 4.69) is 26.6 Å². The lowest BCUT2D eigenvalue weighted by atomic mass is 10.1. The molecule has 0 saturated carbocycles. The number of amides is 2. The predicted molar refractivity (Wildman–Crippen MR) is 83.0 cm³/mol. The number of carbonyl (C=O) groups is 3. The smallest absolute Gasteiger partial charge is 0.328 e. The van der Waals surface area contributed by atoms with E-state index < -0.39 is 18.1 Å². The molecule has 0 unspecified atom stereocenters. The van der Waals surface area contributed by atoms with Gasteiger partial charge in [0.2, 0.25) is 11.8 Å². The first-order chi connectivity index (χ1) is 10.5. The van der Waals surface area contributed by atoms with Gasteiger partial charge in [0.1, 0.15) is 12.1 Å². The molecule has 7 heteroatoms. The number of ether oxygens (including phenoxy) is 1. The van der Waals surface area contributed by atoms with E-state index in [0.717, 1.165) is 10.0 Å². The van der Waals surface area contributed by atoms with Crippen LogP contribution in [-0.4, -0.2) is 37.0 Å². The van der Waals surface area contributed by atoms with Crippen LogP contribution in [0, 0.1) is 0 Å². The van der Waals surface area contributed by atoms with E-state index in [-0.39, 0.29) is 11.8 Å². The van der Waals surface area contributed by atoms with E-state index in [0.29, 0.717) is 19.3 Å². The fraction of sp³-hybridized carbons (Fsp3) is 0.400. The molecular formula is C15H17BrN2O4. The molecule has 0 aromatic heterocycles. The highest BCUT2D eigenvalue weighted by Crippen LogP contribution is 2.13. The molecule has 1 aliphatic rings. The van der Waals surface area contributed by atoms with Gasteiger partial charge in [0.25, 0.3) is 0 Å². The van der Waals surface area contributed by atoms with Gasteiger partial charge in [-0.3, -0.25) is 9.59 Å². The highest BCUT2D eigenvalue weighted by molar-refractivity contribution is 9.10. The minimum absolute atomic E-state index is 0.150. The molecule has 1 heterocycles. The average Bonchev–Trinajstić information content (AvgIpc) is 2.94. The zero-order valence-corrected chi connectivity index (χ0v) is 13.7. The van der Waals surface area contributed by atoms with Crippen molar-refractivity contribution in [1.29, 1.82) is 0 Å². The van der Waals surface area contributed by atoms with Gasteiger partial charge in [-0.05, 0) is 24.1 Å². The molecule has 0 bridgehead atoms. The minimum atomic E-state index is -0.781. The lowest BCUT2D eigenvalue weighted by Crippen LogP contribution is -2.49. The summed E-state index contributed by atoms with van der Waals surface area (Å²) in [6, 6.07) is 6.10. The Labute approximate surface area is 136 Å². The standard InChI is InChI=1S/C15H17BrN2O4/c1-22-15(21)12(8-9-2-4-10(16)5-3-9)18-14(20)11-6-7-13(19)17-11/h2-5,11-12H,6-8H2,1H3,(H,17,19)(H,18,20)/t11-,12-/m0/s1. The molecule has 1 aromatic rings.